The largest absolute Gasteiger partial charge is 0.454 e. The highest BCUT2D eigenvalue weighted by atomic mass is 16.3. The number of fused-ring (bicyclic) bond motifs is 6. The van der Waals surface area contributed by atoms with Crippen molar-refractivity contribution in [1.29, 1.82) is 0 Å². The minimum absolute atomic E-state index is 0.856. The van der Waals surface area contributed by atoms with Gasteiger partial charge in [0.15, 0.2) is 5.58 Å². The number of anilines is 6. The lowest BCUT2D eigenvalue weighted by molar-refractivity contribution is 0.669. The van der Waals surface area contributed by atoms with Crippen LogP contribution >= 0.6 is 0 Å². The van der Waals surface area contributed by atoms with Gasteiger partial charge in [0.2, 0.25) is 0 Å². The molecule has 0 saturated carbocycles. The lowest BCUT2D eigenvalue weighted by Gasteiger charge is -2.27. The molecule has 1 aromatic heterocycles. The quantitative estimate of drug-likeness (QED) is 0.144. The number of furan rings is 1. The third-order valence-corrected chi connectivity index (χ3v) is 11.4. The number of benzene rings is 10. The van der Waals surface area contributed by atoms with E-state index in [9.17, 15) is 0 Å². The summed E-state index contributed by atoms with van der Waals surface area (Å²) in [6.45, 7) is 0. The van der Waals surface area contributed by atoms with E-state index in [2.05, 4.69) is 228 Å². The van der Waals surface area contributed by atoms with E-state index in [0.29, 0.717) is 0 Å². The van der Waals surface area contributed by atoms with E-state index in [-0.39, 0.29) is 0 Å². The van der Waals surface area contributed by atoms with Gasteiger partial charge in [0, 0.05) is 39.2 Å². The highest BCUT2D eigenvalue weighted by Crippen LogP contribution is 2.44. The summed E-state index contributed by atoms with van der Waals surface area (Å²) in [5.41, 5.74) is 12.7. The first-order chi connectivity index (χ1) is 29.2. The molecule has 278 valence electrons. The van der Waals surface area contributed by atoms with Crippen molar-refractivity contribution in [3.63, 3.8) is 0 Å². The van der Waals surface area contributed by atoms with Crippen LogP contribution in [0.5, 0.6) is 0 Å². The van der Waals surface area contributed by atoms with E-state index in [0.717, 1.165) is 67.2 Å². The van der Waals surface area contributed by atoms with E-state index < -0.39 is 0 Å². The predicted octanol–water partition coefficient (Wildman–Crippen LogP) is 16.2. The smallest absolute Gasteiger partial charge is 0.159 e. The molecule has 3 nitrogen and oxygen atoms in total. The van der Waals surface area contributed by atoms with Gasteiger partial charge in [0.1, 0.15) is 5.58 Å². The van der Waals surface area contributed by atoms with Crippen molar-refractivity contribution in [1.82, 2.24) is 0 Å². The van der Waals surface area contributed by atoms with Crippen molar-refractivity contribution in [2.75, 3.05) is 9.80 Å². The molecule has 0 aliphatic carbocycles. The van der Waals surface area contributed by atoms with Crippen LogP contribution in [0.2, 0.25) is 0 Å². The molecule has 0 amide bonds. The number of nitrogens with zero attached hydrogens (tertiary/aromatic N) is 2. The summed E-state index contributed by atoms with van der Waals surface area (Å²) < 4.78 is 6.64. The number of rotatable bonds is 8. The molecule has 11 aromatic rings. The maximum absolute atomic E-state index is 6.64. The molecule has 11 rings (SSSR count). The molecule has 0 radical (unpaired) electrons. The average Bonchev–Trinajstić information content (AvgIpc) is 3.70. The second-order valence-corrected chi connectivity index (χ2v) is 15.0. The van der Waals surface area contributed by atoms with Crippen LogP contribution in [-0.2, 0) is 0 Å². The fourth-order valence-electron chi connectivity index (χ4n) is 8.57. The molecular weight excluding hydrogens is 717 g/mol. The van der Waals surface area contributed by atoms with E-state index in [4.69, 9.17) is 4.42 Å². The third kappa shape index (κ3) is 6.26. The average molecular weight is 755 g/mol. The van der Waals surface area contributed by atoms with E-state index in [1.54, 1.807) is 0 Å². The molecular formula is C56H38N2O. The maximum atomic E-state index is 6.64. The summed E-state index contributed by atoms with van der Waals surface area (Å²) in [6, 6.07) is 82.3. The van der Waals surface area contributed by atoms with Crippen LogP contribution < -0.4 is 9.80 Å². The number of para-hydroxylation sites is 3. The standard InChI is InChI=1S/C56H38N2O/c1-3-14-39(15-4-1)40-30-33-46(34-31-40)58(54-26-13-25-52-51-24-9-10-27-55(51)59-56(52)54)48-22-12-18-44(37-48)43-17-11-21-47(36-43)57(45-19-5-2-6-20-45)49-35-32-42-29-28-41-16-7-8-23-50(41)53(42)38-49/h1-38H. The molecule has 0 spiro atoms. The van der Waals surface area contributed by atoms with Gasteiger partial charge >= 0.3 is 0 Å². The van der Waals surface area contributed by atoms with Crippen molar-refractivity contribution >= 4 is 77.6 Å². The minimum atomic E-state index is 0.856. The van der Waals surface area contributed by atoms with Crippen LogP contribution in [0.3, 0.4) is 0 Å². The normalized spacial score (nSPS) is 11.4. The number of hydrogen-bond acceptors (Lipinski definition) is 3. The van der Waals surface area contributed by atoms with Gasteiger partial charge in [-0.2, -0.15) is 0 Å². The van der Waals surface area contributed by atoms with E-state index in [1.165, 1.54) is 32.7 Å². The molecule has 1 heterocycles. The Bertz CT molecular complexity index is 3280. The Morgan fingerprint density at radius 2 is 0.763 bits per heavy atom. The highest BCUT2D eigenvalue weighted by molar-refractivity contribution is 6.11. The summed E-state index contributed by atoms with van der Waals surface area (Å²) in [4.78, 5) is 4.68. The summed E-state index contributed by atoms with van der Waals surface area (Å²) in [7, 11) is 0. The van der Waals surface area contributed by atoms with Gasteiger partial charge in [0.25, 0.3) is 0 Å². The molecule has 0 saturated heterocycles. The van der Waals surface area contributed by atoms with Crippen LogP contribution in [0.1, 0.15) is 0 Å². The van der Waals surface area contributed by atoms with Gasteiger partial charge in [0.05, 0.1) is 5.69 Å². The Morgan fingerprint density at radius 3 is 1.53 bits per heavy atom. The van der Waals surface area contributed by atoms with E-state index in [1.807, 2.05) is 12.1 Å². The zero-order valence-corrected chi connectivity index (χ0v) is 32.2. The second kappa shape index (κ2) is 14.6. The fourth-order valence-corrected chi connectivity index (χ4v) is 8.57. The Kier molecular flexibility index (Phi) is 8.49. The molecule has 0 bridgehead atoms. The zero-order chi connectivity index (χ0) is 39.1. The summed E-state index contributed by atoms with van der Waals surface area (Å²) in [5, 5.41) is 7.16. The Morgan fingerprint density at radius 1 is 0.271 bits per heavy atom. The second-order valence-electron chi connectivity index (χ2n) is 15.0. The molecule has 59 heavy (non-hydrogen) atoms. The van der Waals surface area contributed by atoms with Crippen LogP contribution in [0, 0.1) is 0 Å². The van der Waals surface area contributed by atoms with Crippen LogP contribution in [0.4, 0.5) is 34.1 Å². The van der Waals surface area contributed by atoms with Gasteiger partial charge < -0.3 is 14.2 Å². The van der Waals surface area contributed by atoms with Crippen molar-refractivity contribution in [2.24, 2.45) is 0 Å². The summed E-state index contributed by atoms with van der Waals surface area (Å²) >= 11 is 0. The first-order valence-corrected chi connectivity index (χ1v) is 20.1. The molecule has 10 aromatic carbocycles. The molecule has 3 heteroatoms. The SMILES string of the molecule is c1ccc(-c2ccc(N(c3cccc(-c4cccc(N(c5ccccc5)c5ccc6ccc7ccccc7c6c5)c4)c3)c3cccc4c3oc3ccccc34)cc2)cc1. The maximum Gasteiger partial charge on any atom is 0.159 e. The van der Waals surface area contributed by atoms with Crippen molar-refractivity contribution in [3.05, 3.63) is 231 Å². The van der Waals surface area contributed by atoms with Crippen LogP contribution in [0.25, 0.3) is 65.7 Å². The lowest BCUT2D eigenvalue weighted by Crippen LogP contribution is -2.10. The van der Waals surface area contributed by atoms with Gasteiger partial charge in [-0.25, -0.2) is 0 Å². The lowest BCUT2D eigenvalue weighted by atomic mass is 10.00. The van der Waals surface area contributed by atoms with Gasteiger partial charge in [-0.15, -0.1) is 0 Å². The molecule has 0 atom stereocenters. The molecule has 0 unspecified atom stereocenters. The van der Waals surface area contributed by atoms with Crippen LogP contribution in [-0.4, -0.2) is 0 Å². The van der Waals surface area contributed by atoms with Gasteiger partial charge in [-0.05, 0) is 117 Å². The first-order valence-electron chi connectivity index (χ1n) is 20.1. The van der Waals surface area contributed by atoms with E-state index >= 15 is 0 Å². The number of hydrogen-bond donors (Lipinski definition) is 0. The van der Waals surface area contributed by atoms with Crippen molar-refractivity contribution in [3.8, 4) is 22.3 Å². The highest BCUT2D eigenvalue weighted by Gasteiger charge is 2.21. The monoisotopic (exact) mass is 754 g/mol. The van der Waals surface area contributed by atoms with Gasteiger partial charge in [-0.1, -0.05) is 158 Å². The molecule has 0 aliphatic heterocycles. The van der Waals surface area contributed by atoms with Crippen molar-refractivity contribution < 1.29 is 4.42 Å². The Labute approximate surface area is 343 Å². The van der Waals surface area contributed by atoms with Crippen molar-refractivity contribution in [2.45, 2.75) is 0 Å². The first kappa shape index (κ1) is 34.4. The van der Waals surface area contributed by atoms with Crippen LogP contribution in [0.15, 0.2) is 235 Å². The fraction of sp³-hybridized carbons (Fsp3) is 0. The molecule has 0 fully saturated rings. The zero-order valence-electron chi connectivity index (χ0n) is 32.2. The molecule has 0 N–H and O–H groups in total. The molecule has 0 aliphatic rings. The summed E-state index contributed by atoms with van der Waals surface area (Å²) in [6.07, 6.45) is 0. The Balaban J connectivity index is 1.04. The summed E-state index contributed by atoms with van der Waals surface area (Å²) in [5.74, 6) is 0. The predicted molar refractivity (Wildman–Crippen MR) is 249 cm³/mol. The minimum Gasteiger partial charge on any atom is -0.454 e. The van der Waals surface area contributed by atoms with Gasteiger partial charge in [-0.3, -0.25) is 0 Å². The Hall–Kier alpha value is -7.88. The third-order valence-electron chi connectivity index (χ3n) is 11.4. The topological polar surface area (TPSA) is 19.6 Å².